The van der Waals surface area contributed by atoms with Crippen LogP contribution in [0.1, 0.15) is 25.8 Å². The highest BCUT2D eigenvalue weighted by Gasteiger charge is 2.21. The summed E-state index contributed by atoms with van der Waals surface area (Å²) < 4.78 is 15.6. The molecule has 0 saturated carbocycles. The van der Waals surface area contributed by atoms with Crippen molar-refractivity contribution < 1.29 is 23.8 Å². The second kappa shape index (κ2) is 12.1. The fourth-order valence-corrected chi connectivity index (χ4v) is 1.87. The van der Waals surface area contributed by atoms with Gasteiger partial charge in [-0.2, -0.15) is 0 Å². The van der Waals surface area contributed by atoms with Gasteiger partial charge in [0.25, 0.3) is 0 Å². The van der Waals surface area contributed by atoms with Crippen molar-refractivity contribution in [2.75, 3.05) is 19.8 Å². The quantitative estimate of drug-likeness (QED) is 0.377. The first-order valence-corrected chi connectivity index (χ1v) is 8.35. The molecule has 1 amide bonds. The van der Waals surface area contributed by atoms with E-state index in [0.717, 1.165) is 5.56 Å². The van der Waals surface area contributed by atoms with Crippen LogP contribution in [0, 0.1) is 5.92 Å². The molecule has 0 radical (unpaired) electrons. The summed E-state index contributed by atoms with van der Waals surface area (Å²) in [6, 6.07) is 8.91. The molecule has 1 rings (SSSR count). The number of benzene rings is 1. The SMILES string of the molecule is C=CCC(NC(=O)OCCOCc1ccccc1)C(=O)OCC(C)C. The number of carbonyl (C=O) groups excluding carboxylic acids is 2. The molecule has 1 aromatic rings. The minimum Gasteiger partial charge on any atom is -0.464 e. The minimum absolute atomic E-state index is 0.0977. The number of rotatable bonds is 11. The van der Waals surface area contributed by atoms with Crippen molar-refractivity contribution in [2.45, 2.75) is 32.9 Å². The number of ether oxygens (including phenoxy) is 3. The zero-order valence-electron chi connectivity index (χ0n) is 14.9. The molecule has 0 aliphatic heterocycles. The minimum atomic E-state index is -0.797. The van der Waals surface area contributed by atoms with Gasteiger partial charge in [0.05, 0.1) is 19.8 Å². The number of hydrogen-bond acceptors (Lipinski definition) is 5. The largest absolute Gasteiger partial charge is 0.464 e. The molecule has 1 atom stereocenters. The van der Waals surface area contributed by atoms with E-state index in [2.05, 4.69) is 11.9 Å². The Kier molecular flexibility index (Phi) is 10.0. The van der Waals surface area contributed by atoms with Crippen LogP contribution in [0.5, 0.6) is 0 Å². The smallest absolute Gasteiger partial charge is 0.407 e. The Hall–Kier alpha value is -2.34. The van der Waals surface area contributed by atoms with Gasteiger partial charge in [-0.25, -0.2) is 9.59 Å². The van der Waals surface area contributed by atoms with Gasteiger partial charge in [0.1, 0.15) is 12.6 Å². The fraction of sp³-hybridized carbons (Fsp3) is 0.474. The maximum atomic E-state index is 11.9. The Bertz CT molecular complexity index is 530. The van der Waals surface area contributed by atoms with Gasteiger partial charge in [-0.05, 0) is 17.9 Å². The average molecular weight is 349 g/mol. The van der Waals surface area contributed by atoms with E-state index < -0.39 is 18.1 Å². The number of amides is 1. The highest BCUT2D eigenvalue weighted by molar-refractivity contribution is 5.81. The molecule has 1 unspecified atom stereocenters. The lowest BCUT2D eigenvalue weighted by Gasteiger charge is -2.17. The third-order valence-corrected chi connectivity index (χ3v) is 3.11. The maximum Gasteiger partial charge on any atom is 0.407 e. The molecule has 138 valence electrons. The Morgan fingerprint density at radius 3 is 2.52 bits per heavy atom. The van der Waals surface area contributed by atoms with Crippen LogP contribution in [0.3, 0.4) is 0 Å². The summed E-state index contributed by atoms with van der Waals surface area (Å²) in [7, 11) is 0. The van der Waals surface area contributed by atoms with Gasteiger partial charge in [0.2, 0.25) is 0 Å². The van der Waals surface area contributed by atoms with E-state index in [-0.39, 0.29) is 25.6 Å². The van der Waals surface area contributed by atoms with E-state index in [0.29, 0.717) is 13.2 Å². The monoisotopic (exact) mass is 349 g/mol. The first-order valence-electron chi connectivity index (χ1n) is 8.35. The van der Waals surface area contributed by atoms with E-state index in [1.165, 1.54) is 0 Å². The van der Waals surface area contributed by atoms with Crippen molar-refractivity contribution in [3.63, 3.8) is 0 Å². The predicted molar refractivity (Wildman–Crippen MR) is 95.0 cm³/mol. The van der Waals surface area contributed by atoms with Crippen LogP contribution in [0.15, 0.2) is 43.0 Å². The van der Waals surface area contributed by atoms with Crippen LogP contribution in [-0.2, 0) is 25.6 Å². The Labute approximate surface area is 149 Å². The second-order valence-electron chi connectivity index (χ2n) is 5.92. The molecule has 0 saturated heterocycles. The molecule has 25 heavy (non-hydrogen) atoms. The lowest BCUT2D eigenvalue weighted by Crippen LogP contribution is -2.42. The van der Waals surface area contributed by atoms with Gasteiger partial charge in [0, 0.05) is 0 Å². The van der Waals surface area contributed by atoms with Crippen LogP contribution in [0.4, 0.5) is 4.79 Å². The van der Waals surface area contributed by atoms with E-state index in [1.54, 1.807) is 6.08 Å². The lowest BCUT2D eigenvalue weighted by atomic mass is 10.2. The first kappa shape index (κ1) is 20.7. The lowest BCUT2D eigenvalue weighted by molar-refractivity contribution is -0.147. The molecule has 0 bridgehead atoms. The number of alkyl carbamates (subject to hydrolysis) is 1. The standard InChI is InChI=1S/C19H27NO5/c1-4-8-17(18(21)25-13-15(2)3)20-19(22)24-12-11-23-14-16-9-6-5-7-10-16/h4-7,9-10,15,17H,1,8,11-14H2,2-3H3,(H,20,22). The van der Waals surface area contributed by atoms with Gasteiger partial charge in [0.15, 0.2) is 0 Å². The third kappa shape index (κ3) is 9.52. The predicted octanol–water partition coefficient (Wildman–Crippen LogP) is 3.07. The summed E-state index contributed by atoms with van der Waals surface area (Å²) in [6.45, 7) is 8.58. The molecule has 6 heteroatoms. The zero-order valence-corrected chi connectivity index (χ0v) is 14.9. The normalized spacial score (nSPS) is 11.6. The zero-order chi connectivity index (χ0) is 18.5. The molecular formula is C19H27NO5. The average Bonchev–Trinajstić information content (AvgIpc) is 2.60. The number of esters is 1. The highest BCUT2D eigenvalue weighted by Crippen LogP contribution is 2.02. The maximum absolute atomic E-state index is 11.9. The number of nitrogens with one attached hydrogen (secondary N) is 1. The van der Waals surface area contributed by atoms with Gasteiger partial charge < -0.3 is 19.5 Å². The first-order chi connectivity index (χ1) is 12.0. The van der Waals surface area contributed by atoms with Crippen molar-refractivity contribution in [1.29, 1.82) is 0 Å². The molecule has 0 aromatic heterocycles. The summed E-state index contributed by atoms with van der Waals surface area (Å²) in [5.74, 6) is -0.270. The van der Waals surface area contributed by atoms with Gasteiger partial charge in [-0.3, -0.25) is 0 Å². The van der Waals surface area contributed by atoms with Gasteiger partial charge in [-0.15, -0.1) is 6.58 Å². The van der Waals surface area contributed by atoms with Crippen molar-refractivity contribution >= 4 is 12.1 Å². The van der Waals surface area contributed by atoms with Crippen molar-refractivity contribution in [1.82, 2.24) is 5.32 Å². The molecule has 1 aromatic carbocycles. The topological polar surface area (TPSA) is 73.9 Å². The van der Waals surface area contributed by atoms with E-state index in [1.807, 2.05) is 44.2 Å². The number of carbonyl (C=O) groups is 2. The van der Waals surface area contributed by atoms with Crippen molar-refractivity contribution in [2.24, 2.45) is 5.92 Å². The molecule has 0 heterocycles. The molecule has 0 aliphatic rings. The molecular weight excluding hydrogens is 322 g/mol. The molecule has 0 aliphatic carbocycles. The molecule has 6 nitrogen and oxygen atoms in total. The van der Waals surface area contributed by atoms with Crippen LogP contribution < -0.4 is 5.32 Å². The summed E-state index contributed by atoms with van der Waals surface area (Å²) in [4.78, 5) is 23.7. The third-order valence-electron chi connectivity index (χ3n) is 3.11. The van der Waals surface area contributed by atoms with Gasteiger partial charge >= 0.3 is 12.1 Å². The summed E-state index contributed by atoms with van der Waals surface area (Å²) in [5, 5.41) is 2.49. The molecule has 0 fully saturated rings. The summed E-state index contributed by atoms with van der Waals surface area (Å²) in [6.07, 6.45) is 1.14. The van der Waals surface area contributed by atoms with E-state index >= 15 is 0 Å². The van der Waals surface area contributed by atoms with Crippen LogP contribution in [0.2, 0.25) is 0 Å². The Balaban J connectivity index is 2.25. The Morgan fingerprint density at radius 2 is 1.88 bits per heavy atom. The highest BCUT2D eigenvalue weighted by atomic mass is 16.6. The van der Waals surface area contributed by atoms with E-state index in [4.69, 9.17) is 14.2 Å². The van der Waals surface area contributed by atoms with Gasteiger partial charge in [-0.1, -0.05) is 50.3 Å². The Morgan fingerprint density at radius 1 is 1.16 bits per heavy atom. The number of hydrogen-bond donors (Lipinski definition) is 1. The van der Waals surface area contributed by atoms with Crippen LogP contribution in [-0.4, -0.2) is 37.9 Å². The molecule has 0 spiro atoms. The second-order valence-corrected chi connectivity index (χ2v) is 5.92. The molecule has 1 N–H and O–H groups in total. The summed E-state index contributed by atoms with van der Waals surface area (Å²) in [5.41, 5.74) is 1.05. The van der Waals surface area contributed by atoms with Crippen molar-refractivity contribution in [3.8, 4) is 0 Å². The fourth-order valence-electron chi connectivity index (χ4n) is 1.87. The summed E-state index contributed by atoms with van der Waals surface area (Å²) >= 11 is 0. The van der Waals surface area contributed by atoms with Crippen LogP contribution in [0.25, 0.3) is 0 Å². The van der Waals surface area contributed by atoms with Crippen LogP contribution >= 0.6 is 0 Å². The van der Waals surface area contributed by atoms with Crippen molar-refractivity contribution in [3.05, 3.63) is 48.6 Å². The van der Waals surface area contributed by atoms with E-state index in [9.17, 15) is 9.59 Å².